The monoisotopic (exact) mass is 439 g/mol. The van der Waals surface area contributed by atoms with Crippen LogP contribution in [0.4, 0.5) is 4.79 Å². The minimum Gasteiger partial charge on any atom is -0.508 e. The fourth-order valence-corrected chi connectivity index (χ4v) is 5.14. The molecule has 2 fully saturated rings. The van der Waals surface area contributed by atoms with E-state index in [1.807, 2.05) is 29.2 Å². The van der Waals surface area contributed by atoms with Crippen LogP contribution in [0.15, 0.2) is 48.5 Å². The topological polar surface area (TPSA) is 74.3 Å². The Morgan fingerprint density at radius 2 is 1.69 bits per heavy atom. The molecule has 0 bridgehead atoms. The second kappa shape index (κ2) is 9.00. The quantitative estimate of drug-likeness (QED) is 0.644. The summed E-state index contributed by atoms with van der Waals surface area (Å²) in [4.78, 5) is 16.9. The zero-order valence-corrected chi connectivity index (χ0v) is 19.1. The number of carbonyl (C=O) groups is 1. The number of carbonyl (C=O) groups excluding carboxylic acids is 1. The number of phenols is 1. The van der Waals surface area contributed by atoms with Crippen LogP contribution < -0.4 is 10.1 Å². The maximum atomic E-state index is 12.7. The molecule has 1 saturated heterocycles. The lowest BCUT2D eigenvalue weighted by molar-refractivity contribution is 0.0504. The van der Waals surface area contributed by atoms with Gasteiger partial charge in [0.15, 0.2) is 6.79 Å². The first kappa shape index (κ1) is 22.4. The van der Waals surface area contributed by atoms with Crippen LogP contribution in [0.1, 0.15) is 36.8 Å². The van der Waals surface area contributed by atoms with E-state index in [4.69, 9.17) is 9.47 Å². The summed E-state index contributed by atoms with van der Waals surface area (Å²) in [6, 6.07) is 15.3. The summed E-state index contributed by atoms with van der Waals surface area (Å²) < 4.78 is 10.5. The van der Waals surface area contributed by atoms with Crippen LogP contribution >= 0.6 is 0 Å². The number of methoxy groups -OCH3 is 1. The van der Waals surface area contributed by atoms with Gasteiger partial charge in [0.1, 0.15) is 11.5 Å². The molecule has 1 spiro atoms. The van der Waals surface area contributed by atoms with Crippen LogP contribution in [0, 0.1) is 0 Å². The highest BCUT2D eigenvalue weighted by Crippen LogP contribution is 2.46. The first-order chi connectivity index (χ1) is 15.4. The number of nitrogens with zero attached hydrogens (tertiary/aromatic N) is 2. The predicted molar refractivity (Wildman–Crippen MR) is 123 cm³/mol. The largest absolute Gasteiger partial charge is 0.508 e. The van der Waals surface area contributed by atoms with Gasteiger partial charge in [-0.2, -0.15) is 0 Å². The van der Waals surface area contributed by atoms with Crippen LogP contribution in [0.2, 0.25) is 0 Å². The molecule has 7 heteroatoms. The Labute approximate surface area is 189 Å². The molecule has 1 heterocycles. The van der Waals surface area contributed by atoms with Crippen LogP contribution in [0.5, 0.6) is 11.5 Å². The third-order valence-electron chi connectivity index (χ3n) is 7.09. The number of nitrogens with one attached hydrogen (secondary N) is 1. The van der Waals surface area contributed by atoms with Crippen molar-refractivity contribution in [1.82, 2.24) is 15.1 Å². The molecule has 2 N–H and O–H groups in total. The zero-order valence-electron chi connectivity index (χ0n) is 19.1. The smallest absolute Gasteiger partial charge is 0.318 e. The van der Waals surface area contributed by atoms with E-state index in [9.17, 15) is 9.90 Å². The molecule has 2 aromatic carbocycles. The summed E-state index contributed by atoms with van der Waals surface area (Å²) in [6.07, 6.45) is 3.77. The van der Waals surface area contributed by atoms with Gasteiger partial charge in [-0.25, -0.2) is 4.79 Å². The van der Waals surface area contributed by atoms with E-state index in [-0.39, 0.29) is 29.7 Å². The van der Waals surface area contributed by atoms with Gasteiger partial charge in [-0.1, -0.05) is 24.3 Å². The number of benzene rings is 2. The summed E-state index contributed by atoms with van der Waals surface area (Å²) in [5.74, 6) is 1.03. The third-order valence-corrected chi connectivity index (χ3v) is 7.09. The third kappa shape index (κ3) is 4.40. The van der Waals surface area contributed by atoms with Gasteiger partial charge in [0.05, 0.1) is 5.54 Å². The molecule has 0 aromatic heterocycles. The highest BCUT2D eigenvalue weighted by Gasteiger charge is 2.49. The lowest BCUT2D eigenvalue weighted by atomic mass is 9.69. The van der Waals surface area contributed by atoms with E-state index in [1.54, 1.807) is 19.2 Å². The first-order valence-electron chi connectivity index (χ1n) is 11.1. The lowest BCUT2D eigenvalue weighted by Gasteiger charge is -2.48. The van der Waals surface area contributed by atoms with Crippen molar-refractivity contribution in [2.75, 3.05) is 34.5 Å². The molecule has 172 valence electrons. The Hall–Kier alpha value is -2.77. The van der Waals surface area contributed by atoms with E-state index in [0.717, 1.165) is 37.0 Å². The number of ether oxygens (including phenoxy) is 2. The van der Waals surface area contributed by atoms with Crippen LogP contribution in [0.3, 0.4) is 0 Å². The molecule has 1 saturated carbocycles. The van der Waals surface area contributed by atoms with E-state index in [2.05, 4.69) is 36.4 Å². The summed E-state index contributed by atoms with van der Waals surface area (Å²) in [7, 11) is 5.89. The fourth-order valence-electron chi connectivity index (χ4n) is 5.14. The van der Waals surface area contributed by atoms with Crippen molar-refractivity contribution >= 4 is 6.03 Å². The van der Waals surface area contributed by atoms with Gasteiger partial charge < -0.3 is 24.8 Å². The van der Waals surface area contributed by atoms with Crippen LogP contribution in [-0.4, -0.2) is 61.0 Å². The summed E-state index contributed by atoms with van der Waals surface area (Å²) >= 11 is 0. The Balaban J connectivity index is 1.45. The Bertz CT molecular complexity index is 919. The molecule has 0 unspecified atom stereocenters. The normalized spacial score (nSPS) is 25.4. The highest BCUT2D eigenvalue weighted by molar-refractivity contribution is 5.78. The minimum atomic E-state index is -0.185. The van der Waals surface area contributed by atoms with E-state index in [0.29, 0.717) is 13.1 Å². The second-order valence-electron chi connectivity index (χ2n) is 9.23. The number of urea groups is 1. The summed E-state index contributed by atoms with van der Waals surface area (Å²) in [5.41, 5.74) is 2.03. The van der Waals surface area contributed by atoms with Crippen molar-refractivity contribution in [2.45, 2.75) is 43.3 Å². The number of hydrogen-bond donors (Lipinski definition) is 2. The van der Waals surface area contributed by atoms with Gasteiger partial charge >= 0.3 is 6.03 Å². The van der Waals surface area contributed by atoms with Crippen LogP contribution in [-0.2, 0) is 16.8 Å². The molecule has 1 aliphatic carbocycles. The zero-order chi connectivity index (χ0) is 22.8. The summed E-state index contributed by atoms with van der Waals surface area (Å²) in [5, 5.41) is 12.8. The number of aromatic hydroxyl groups is 1. The van der Waals surface area contributed by atoms with Gasteiger partial charge in [-0.05, 0) is 75.2 Å². The second-order valence-corrected chi connectivity index (χ2v) is 9.23. The Morgan fingerprint density at radius 3 is 2.28 bits per heavy atom. The molecule has 2 aromatic rings. The number of amides is 2. The van der Waals surface area contributed by atoms with Gasteiger partial charge in [-0.15, -0.1) is 0 Å². The van der Waals surface area contributed by atoms with E-state index in [1.165, 1.54) is 5.56 Å². The predicted octanol–water partition coefficient (Wildman–Crippen LogP) is 3.67. The first-order valence-corrected chi connectivity index (χ1v) is 11.1. The lowest BCUT2D eigenvalue weighted by Crippen LogP contribution is -2.54. The van der Waals surface area contributed by atoms with Crippen LogP contribution in [0.25, 0.3) is 0 Å². The van der Waals surface area contributed by atoms with Crippen molar-refractivity contribution in [3.63, 3.8) is 0 Å². The molecule has 2 aliphatic rings. The number of phenolic OH excluding ortho intramolecular Hbond substituents is 1. The van der Waals surface area contributed by atoms with Gasteiger partial charge in [0.2, 0.25) is 0 Å². The standard InChI is InChI=1S/C25H33N3O4/c1-27(2)25(20-6-10-22(11-7-20)32-18-31-3)14-12-24(13-15-25)17-28(23(30)26-24)16-19-4-8-21(29)9-5-19/h4-11,29H,12-18H2,1-3H3,(H,26,30). The molecular formula is C25H33N3O4. The number of rotatable bonds is 7. The molecule has 7 nitrogen and oxygen atoms in total. The van der Waals surface area contributed by atoms with Gasteiger partial charge in [0.25, 0.3) is 0 Å². The maximum absolute atomic E-state index is 12.7. The van der Waals surface area contributed by atoms with Crippen molar-refractivity contribution < 1.29 is 19.4 Å². The Kier molecular flexibility index (Phi) is 6.31. The average molecular weight is 440 g/mol. The van der Waals surface area contributed by atoms with E-state index < -0.39 is 0 Å². The fraction of sp³-hybridized carbons (Fsp3) is 0.480. The molecular weight excluding hydrogens is 406 g/mol. The minimum absolute atomic E-state index is 0.00456. The maximum Gasteiger partial charge on any atom is 0.318 e. The molecule has 0 radical (unpaired) electrons. The summed E-state index contributed by atoms with van der Waals surface area (Å²) in [6.45, 7) is 1.50. The van der Waals surface area contributed by atoms with Crippen molar-refractivity contribution in [1.29, 1.82) is 0 Å². The highest BCUT2D eigenvalue weighted by atomic mass is 16.7. The van der Waals surface area contributed by atoms with Gasteiger partial charge in [-0.3, -0.25) is 4.90 Å². The molecule has 32 heavy (non-hydrogen) atoms. The molecule has 2 amide bonds. The molecule has 1 aliphatic heterocycles. The number of hydrogen-bond acceptors (Lipinski definition) is 5. The molecule has 4 rings (SSSR count). The van der Waals surface area contributed by atoms with Crippen molar-refractivity contribution in [2.24, 2.45) is 0 Å². The van der Waals surface area contributed by atoms with Gasteiger partial charge in [0, 0.05) is 25.7 Å². The average Bonchev–Trinajstić information content (AvgIpc) is 3.09. The van der Waals surface area contributed by atoms with Crippen molar-refractivity contribution in [3.8, 4) is 11.5 Å². The van der Waals surface area contributed by atoms with Crippen molar-refractivity contribution in [3.05, 3.63) is 59.7 Å². The van der Waals surface area contributed by atoms with E-state index >= 15 is 0 Å². The molecule has 0 atom stereocenters. The Morgan fingerprint density at radius 1 is 1.03 bits per heavy atom. The SMILES string of the molecule is COCOc1ccc(C2(N(C)C)CCC3(CC2)CN(Cc2ccc(O)cc2)C(=O)N3)cc1.